The largest absolute Gasteiger partial charge is 0.383 e. The Morgan fingerprint density at radius 1 is 1.47 bits per heavy atom. The van der Waals surface area contributed by atoms with Gasteiger partial charge in [-0.3, -0.25) is 0 Å². The summed E-state index contributed by atoms with van der Waals surface area (Å²) in [6.07, 6.45) is 0.566. The summed E-state index contributed by atoms with van der Waals surface area (Å²) in [6, 6.07) is 1.59. The number of aliphatic hydroxyl groups excluding tert-OH is 1. The monoisotopic (exact) mass is 241 g/mol. The van der Waals surface area contributed by atoms with E-state index in [0.29, 0.717) is 16.3 Å². The number of nitrogen functional groups attached to an aromatic ring is 1. The quantitative estimate of drug-likeness (QED) is 0.842. The normalized spacial score (nSPS) is 12.7. The van der Waals surface area contributed by atoms with Crippen molar-refractivity contribution < 1.29 is 5.11 Å². The van der Waals surface area contributed by atoms with Crippen LogP contribution in [0.4, 0.5) is 5.82 Å². The summed E-state index contributed by atoms with van der Waals surface area (Å²) >= 11 is 7.18. The lowest BCUT2D eigenvalue weighted by atomic mass is 10.1. The van der Waals surface area contributed by atoms with E-state index in [1.54, 1.807) is 17.0 Å². The Balaban J connectivity index is 2.41. The van der Waals surface area contributed by atoms with Gasteiger partial charge in [-0.05, 0) is 6.07 Å². The molecule has 0 aliphatic carbocycles. The van der Waals surface area contributed by atoms with Gasteiger partial charge in [0.15, 0.2) is 0 Å². The van der Waals surface area contributed by atoms with Crippen LogP contribution in [0.15, 0.2) is 23.2 Å². The maximum atomic E-state index is 9.95. The minimum Gasteiger partial charge on any atom is -0.383 e. The number of aromatic nitrogens is 2. The molecule has 0 bridgehead atoms. The van der Waals surface area contributed by atoms with E-state index < -0.39 is 6.10 Å². The maximum absolute atomic E-state index is 9.95. The summed E-state index contributed by atoms with van der Waals surface area (Å²) in [5, 5.41) is 12.1. The van der Waals surface area contributed by atoms with Gasteiger partial charge in [-0.25, -0.2) is 9.97 Å². The first-order valence-electron chi connectivity index (χ1n) is 4.15. The number of nitrogens with two attached hydrogens (primary N) is 1. The third-order valence-electron chi connectivity index (χ3n) is 1.94. The molecule has 2 aromatic heterocycles. The number of halogens is 1. The molecule has 0 saturated carbocycles. The second kappa shape index (κ2) is 4.14. The van der Waals surface area contributed by atoms with Crippen LogP contribution in [0.25, 0.3) is 0 Å². The Bertz CT molecular complexity index is 460. The van der Waals surface area contributed by atoms with Gasteiger partial charge in [-0.1, -0.05) is 11.6 Å². The van der Waals surface area contributed by atoms with Crippen molar-refractivity contribution >= 4 is 28.8 Å². The lowest BCUT2D eigenvalue weighted by Crippen LogP contribution is -2.05. The van der Waals surface area contributed by atoms with E-state index in [1.807, 2.05) is 0 Å². The van der Waals surface area contributed by atoms with Gasteiger partial charge < -0.3 is 10.8 Å². The average molecular weight is 242 g/mol. The number of hydrogen-bond acceptors (Lipinski definition) is 5. The topological polar surface area (TPSA) is 72.0 Å². The summed E-state index contributed by atoms with van der Waals surface area (Å²) in [5.74, 6) is 0.264. The Hall–Kier alpha value is -1.17. The summed E-state index contributed by atoms with van der Waals surface area (Å²) in [4.78, 5) is 7.88. The predicted octanol–water partition coefficient (Wildman–Crippen LogP) is 1.86. The van der Waals surface area contributed by atoms with Gasteiger partial charge in [-0.15, -0.1) is 11.3 Å². The molecule has 3 N–H and O–H groups in total. The number of aliphatic hydroxyl groups is 1. The first kappa shape index (κ1) is 10.4. The van der Waals surface area contributed by atoms with Gasteiger partial charge in [-0.2, -0.15) is 0 Å². The Morgan fingerprint density at radius 2 is 2.27 bits per heavy atom. The van der Waals surface area contributed by atoms with E-state index in [4.69, 9.17) is 17.3 Å². The highest BCUT2D eigenvalue weighted by Gasteiger charge is 2.16. The van der Waals surface area contributed by atoms with E-state index in [1.165, 1.54) is 17.5 Å². The molecule has 0 aliphatic rings. The van der Waals surface area contributed by atoms with E-state index in [0.717, 1.165) is 0 Å². The van der Waals surface area contributed by atoms with E-state index in [2.05, 4.69) is 9.97 Å². The minimum atomic E-state index is -0.873. The van der Waals surface area contributed by atoms with Gasteiger partial charge in [0.1, 0.15) is 11.9 Å². The highest BCUT2D eigenvalue weighted by molar-refractivity contribution is 7.07. The molecule has 2 aromatic rings. The summed E-state index contributed by atoms with van der Waals surface area (Å²) in [5.41, 5.74) is 8.32. The van der Waals surface area contributed by atoms with Crippen molar-refractivity contribution in [3.05, 3.63) is 39.4 Å². The highest BCUT2D eigenvalue weighted by Crippen LogP contribution is 2.27. The van der Waals surface area contributed by atoms with E-state index in [-0.39, 0.29) is 5.82 Å². The molecule has 0 aliphatic heterocycles. The van der Waals surface area contributed by atoms with Crippen LogP contribution < -0.4 is 5.73 Å². The second-order valence-electron chi connectivity index (χ2n) is 2.94. The predicted molar refractivity (Wildman–Crippen MR) is 59.8 cm³/mol. The average Bonchev–Trinajstić information content (AvgIpc) is 2.74. The summed E-state index contributed by atoms with van der Waals surface area (Å²) in [6.45, 7) is 0. The van der Waals surface area contributed by atoms with Crippen LogP contribution >= 0.6 is 22.9 Å². The van der Waals surface area contributed by atoms with E-state index in [9.17, 15) is 5.11 Å². The Labute approximate surface area is 95.4 Å². The smallest absolute Gasteiger partial charge is 0.129 e. The Morgan fingerprint density at radius 3 is 2.93 bits per heavy atom. The zero-order chi connectivity index (χ0) is 10.8. The van der Waals surface area contributed by atoms with Crippen molar-refractivity contribution in [2.45, 2.75) is 6.10 Å². The molecule has 2 rings (SSSR count). The number of thiazole rings is 1. The van der Waals surface area contributed by atoms with Gasteiger partial charge in [0.2, 0.25) is 0 Å². The molecule has 4 nitrogen and oxygen atoms in total. The molecule has 0 fully saturated rings. The van der Waals surface area contributed by atoms with Crippen LogP contribution in [0.2, 0.25) is 5.02 Å². The lowest BCUT2D eigenvalue weighted by molar-refractivity contribution is 0.216. The van der Waals surface area contributed by atoms with Gasteiger partial charge in [0.05, 0.1) is 16.2 Å². The number of rotatable bonds is 2. The zero-order valence-corrected chi connectivity index (χ0v) is 9.16. The standard InChI is InChI=1S/C9H8ClN3OS/c10-5-1-6(9(11)12-2-5)8(14)7-3-15-4-13-7/h1-4,8,14H,(H2,11,12). The minimum absolute atomic E-state index is 0.264. The molecule has 78 valence electrons. The van der Waals surface area contributed by atoms with Crippen molar-refractivity contribution in [1.82, 2.24) is 9.97 Å². The Kier molecular flexibility index (Phi) is 2.86. The van der Waals surface area contributed by atoms with Crippen LogP contribution in [0.5, 0.6) is 0 Å². The first-order valence-corrected chi connectivity index (χ1v) is 5.47. The molecular weight excluding hydrogens is 234 g/mol. The van der Waals surface area contributed by atoms with Gasteiger partial charge in [0, 0.05) is 17.1 Å². The van der Waals surface area contributed by atoms with Crippen LogP contribution in [0.3, 0.4) is 0 Å². The second-order valence-corrected chi connectivity index (χ2v) is 4.10. The fourth-order valence-electron chi connectivity index (χ4n) is 1.20. The SMILES string of the molecule is Nc1ncc(Cl)cc1C(O)c1cscn1. The van der Waals surface area contributed by atoms with Crippen molar-refractivity contribution in [3.8, 4) is 0 Å². The lowest BCUT2D eigenvalue weighted by Gasteiger charge is -2.10. The number of nitrogens with zero attached hydrogens (tertiary/aromatic N) is 2. The molecule has 0 spiro atoms. The molecule has 0 radical (unpaired) electrons. The number of pyridine rings is 1. The molecule has 6 heteroatoms. The van der Waals surface area contributed by atoms with Gasteiger partial charge in [0.25, 0.3) is 0 Å². The third kappa shape index (κ3) is 2.09. The van der Waals surface area contributed by atoms with Gasteiger partial charge >= 0.3 is 0 Å². The summed E-state index contributed by atoms with van der Waals surface area (Å²) < 4.78 is 0. The zero-order valence-electron chi connectivity index (χ0n) is 7.59. The van der Waals surface area contributed by atoms with Crippen LogP contribution in [0, 0.1) is 0 Å². The van der Waals surface area contributed by atoms with Crippen molar-refractivity contribution in [2.75, 3.05) is 5.73 Å². The fraction of sp³-hybridized carbons (Fsp3) is 0.111. The van der Waals surface area contributed by atoms with Crippen LogP contribution in [0.1, 0.15) is 17.4 Å². The van der Waals surface area contributed by atoms with E-state index >= 15 is 0 Å². The van der Waals surface area contributed by atoms with Crippen molar-refractivity contribution in [2.24, 2.45) is 0 Å². The molecular formula is C9H8ClN3OS. The molecule has 1 atom stereocenters. The van der Waals surface area contributed by atoms with Crippen LogP contribution in [-0.2, 0) is 0 Å². The number of hydrogen-bond donors (Lipinski definition) is 2. The van der Waals surface area contributed by atoms with Crippen LogP contribution in [-0.4, -0.2) is 15.1 Å². The molecule has 0 aromatic carbocycles. The van der Waals surface area contributed by atoms with Crippen molar-refractivity contribution in [3.63, 3.8) is 0 Å². The van der Waals surface area contributed by atoms with Crippen molar-refractivity contribution in [1.29, 1.82) is 0 Å². The maximum Gasteiger partial charge on any atom is 0.129 e. The molecule has 2 heterocycles. The fourth-order valence-corrected chi connectivity index (χ4v) is 1.94. The molecule has 0 amide bonds. The molecule has 1 unspecified atom stereocenters. The number of anilines is 1. The summed E-state index contributed by atoms with van der Waals surface area (Å²) in [7, 11) is 0. The first-order chi connectivity index (χ1) is 7.18. The third-order valence-corrected chi connectivity index (χ3v) is 2.75. The highest BCUT2D eigenvalue weighted by atomic mass is 35.5. The molecule has 15 heavy (non-hydrogen) atoms. The molecule has 0 saturated heterocycles.